The summed E-state index contributed by atoms with van der Waals surface area (Å²) in [6.45, 7) is 3.28. The Morgan fingerprint density at radius 3 is 2.43 bits per heavy atom. The van der Waals surface area contributed by atoms with Crippen LogP contribution in [0.1, 0.15) is 15.9 Å². The summed E-state index contributed by atoms with van der Waals surface area (Å²) in [7, 11) is 0. The summed E-state index contributed by atoms with van der Waals surface area (Å²) in [5.74, 6) is -0.0292. The monoisotopic (exact) mass is 327 g/mol. The summed E-state index contributed by atoms with van der Waals surface area (Å²) in [4.78, 5) is 14.5. The van der Waals surface area contributed by atoms with Gasteiger partial charge in [0.25, 0.3) is 0 Å². The fourth-order valence-electron chi connectivity index (χ4n) is 2.53. The minimum Gasteiger partial charge on any atom is -0.378 e. The van der Waals surface area contributed by atoms with Crippen molar-refractivity contribution in [3.8, 4) is 0 Å². The van der Waals surface area contributed by atoms with E-state index in [-0.39, 0.29) is 5.78 Å². The number of hydrogen-bond acceptors (Lipinski definition) is 3. The van der Waals surface area contributed by atoms with Crippen LogP contribution in [0.25, 0.3) is 6.08 Å². The number of carbonyl (C=O) groups excluding carboxylic acids is 1. The number of anilines is 1. The summed E-state index contributed by atoms with van der Waals surface area (Å²) in [5, 5.41) is 0.638. The molecule has 1 fully saturated rings. The van der Waals surface area contributed by atoms with Crippen molar-refractivity contribution in [1.82, 2.24) is 0 Å². The number of halogens is 1. The number of allylic oxidation sites excluding steroid dienone is 1. The molecule has 0 amide bonds. The first-order chi connectivity index (χ1) is 11.2. The van der Waals surface area contributed by atoms with Crippen LogP contribution in [0.15, 0.2) is 54.6 Å². The third kappa shape index (κ3) is 4.01. The van der Waals surface area contributed by atoms with Gasteiger partial charge in [0.2, 0.25) is 0 Å². The number of ether oxygens (including phenoxy) is 1. The van der Waals surface area contributed by atoms with E-state index in [1.165, 1.54) is 0 Å². The van der Waals surface area contributed by atoms with E-state index in [9.17, 15) is 4.79 Å². The number of hydrogen-bond donors (Lipinski definition) is 0. The highest BCUT2D eigenvalue weighted by molar-refractivity contribution is 6.32. The quantitative estimate of drug-likeness (QED) is 0.626. The minimum absolute atomic E-state index is 0.0292. The average molecular weight is 328 g/mol. The Bertz CT molecular complexity index is 704. The van der Waals surface area contributed by atoms with Gasteiger partial charge in [0.1, 0.15) is 0 Å². The van der Waals surface area contributed by atoms with Crippen molar-refractivity contribution >= 4 is 29.1 Å². The maximum absolute atomic E-state index is 12.3. The molecule has 0 unspecified atom stereocenters. The summed E-state index contributed by atoms with van der Waals surface area (Å²) in [5.41, 5.74) is 2.64. The van der Waals surface area contributed by atoms with Crippen LogP contribution in [-0.2, 0) is 4.74 Å². The molecule has 1 aliphatic heterocycles. The fraction of sp³-hybridized carbons (Fsp3) is 0.211. The second kappa shape index (κ2) is 7.44. The highest BCUT2D eigenvalue weighted by Gasteiger charge is 2.11. The summed E-state index contributed by atoms with van der Waals surface area (Å²) in [6, 6.07) is 15.2. The Morgan fingerprint density at radius 1 is 1.04 bits per heavy atom. The molecule has 0 bridgehead atoms. The van der Waals surface area contributed by atoms with Gasteiger partial charge in [-0.1, -0.05) is 29.8 Å². The van der Waals surface area contributed by atoms with Crippen molar-refractivity contribution in [2.75, 3.05) is 31.2 Å². The van der Waals surface area contributed by atoms with Crippen molar-refractivity contribution in [3.63, 3.8) is 0 Å². The van der Waals surface area contributed by atoms with Gasteiger partial charge in [-0.3, -0.25) is 4.79 Å². The van der Waals surface area contributed by atoms with Gasteiger partial charge >= 0.3 is 0 Å². The first-order valence-corrected chi connectivity index (χ1v) is 8.01. The fourth-order valence-corrected chi connectivity index (χ4v) is 2.73. The summed E-state index contributed by atoms with van der Waals surface area (Å²) >= 11 is 6.08. The van der Waals surface area contributed by atoms with Gasteiger partial charge in [0, 0.05) is 29.4 Å². The molecular weight excluding hydrogens is 310 g/mol. The normalized spacial score (nSPS) is 15.1. The Labute approximate surface area is 141 Å². The Kier molecular flexibility index (Phi) is 5.11. The molecule has 2 aromatic rings. The van der Waals surface area contributed by atoms with Crippen molar-refractivity contribution in [2.24, 2.45) is 0 Å². The van der Waals surface area contributed by atoms with E-state index >= 15 is 0 Å². The largest absolute Gasteiger partial charge is 0.378 e. The van der Waals surface area contributed by atoms with Crippen LogP contribution in [0.5, 0.6) is 0 Å². The number of ketones is 1. The second-order valence-electron chi connectivity index (χ2n) is 5.37. The van der Waals surface area contributed by atoms with E-state index < -0.39 is 0 Å². The Hall–Kier alpha value is -2.10. The Balaban J connectivity index is 1.69. The highest BCUT2D eigenvalue weighted by Crippen LogP contribution is 2.19. The molecule has 1 aliphatic rings. The summed E-state index contributed by atoms with van der Waals surface area (Å²) in [6.07, 6.45) is 3.31. The third-order valence-corrected chi connectivity index (χ3v) is 4.19. The van der Waals surface area contributed by atoms with Gasteiger partial charge < -0.3 is 9.64 Å². The third-order valence-electron chi connectivity index (χ3n) is 3.85. The molecule has 1 heterocycles. The molecule has 118 valence electrons. The number of carbonyl (C=O) groups is 1. The van der Waals surface area contributed by atoms with E-state index in [1.807, 2.05) is 48.5 Å². The second-order valence-corrected chi connectivity index (χ2v) is 5.77. The van der Waals surface area contributed by atoms with E-state index in [0.717, 1.165) is 37.6 Å². The standard InChI is InChI=1S/C19H18ClNO2/c20-18-4-2-1-3-15(18)7-10-19(22)16-5-8-17(9-6-16)21-11-13-23-14-12-21/h1-10H,11-14H2. The molecule has 2 aromatic carbocycles. The van der Waals surface area contributed by atoms with E-state index in [4.69, 9.17) is 16.3 Å². The van der Waals surface area contributed by atoms with E-state index in [1.54, 1.807) is 12.2 Å². The number of nitrogens with zero attached hydrogens (tertiary/aromatic N) is 1. The lowest BCUT2D eigenvalue weighted by Gasteiger charge is -2.28. The SMILES string of the molecule is O=C(C=Cc1ccccc1Cl)c1ccc(N2CCOCC2)cc1. The molecule has 4 heteroatoms. The zero-order valence-electron chi connectivity index (χ0n) is 12.7. The van der Waals surface area contributed by atoms with Crippen molar-refractivity contribution in [1.29, 1.82) is 0 Å². The predicted molar refractivity (Wildman–Crippen MR) is 94.3 cm³/mol. The number of rotatable bonds is 4. The van der Waals surface area contributed by atoms with Crippen LogP contribution < -0.4 is 4.90 Å². The molecule has 0 radical (unpaired) electrons. The first-order valence-electron chi connectivity index (χ1n) is 7.64. The molecule has 0 aliphatic carbocycles. The van der Waals surface area contributed by atoms with Gasteiger partial charge in [-0.05, 0) is 48.0 Å². The van der Waals surface area contributed by atoms with Crippen molar-refractivity contribution in [3.05, 3.63) is 70.8 Å². The van der Waals surface area contributed by atoms with Crippen LogP contribution in [-0.4, -0.2) is 32.1 Å². The maximum Gasteiger partial charge on any atom is 0.185 e. The molecule has 3 nitrogen and oxygen atoms in total. The van der Waals surface area contributed by atoms with Gasteiger partial charge in [0.05, 0.1) is 13.2 Å². The lowest BCUT2D eigenvalue weighted by Crippen LogP contribution is -2.36. The zero-order chi connectivity index (χ0) is 16.1. The molecule has 3 rings (SSSR count). The zero-order valence-corrected chi connectivity index (χ0v) is 13.5. The molecule has 23 heavy (non-hydrogen) atoms. The van der Waals surface area contributed by atoms with Gasteiger partial charge in [0.15, 0.2) is 5.78 Å². The van der Waals surface area contributed by atoms with Gasteiger partial charge in [-0.15, -0.1) is 0 Å². The highest BCUT2D eigenvalue weighted by atomic mass is 35.5. The minimum atomic E-state index is -0.0292. The topological polar surface area (TPSA) is 29.5 Å². The lowest BCUT2D eigenvalue weighted by atomic mass is 10.1. The van der Waals surface area contributed by atoms with Crippen LogP contribution >= 0.6 is 11.6 Å². The average Bonchev–Trinajstić information content (AvgIpc) is 2.62. The molecule has 1 saturated heterocycles. The van der Waals surface area contributed by atoms with E-state index in [0.29, 0.717) is 10.6 Å². The molecule has 0 N–H and O–H groups in total. The van der Waals surface area contributed by atoms with Crippen LogP contribution in [0.3, 0.4) is 0 Å². The lowest BCUT2D eigenvalue weighted by molar-refractivity contribution is 0.104. The summed E-state index contributed by atoms with van der Waals surface area (Å²) < 4.78 is 5.35. The maximum atomic E-state index is 12.3. The number of morpholine rings is 1. The van der Waals surface area contributed by atoms with Crippen molar-refractivity contribution < 1.29 is 9.53 Å². The smallest absolute Gasteiger partial charge is 0.185 e. The molecular formula is C19H18ClNO2. The first kappa shape index (κ1) is 15.8. The number of benzene rings is 2. The van der Waals surface area contributed by atoms with Crippen molar-refractivity contribution in [2.45, 2.75) is 0 Å². The van der Waals surface area contributed by atoms with Crippen LogP contribution in [0.2, 0.25) is 5.02 Å². The van der Waals surface area contributed by atoms with Gasteiger partial charge in [-0.25, -0.2) is 0 Å². The Morgan fingerprint density at radius 2 is 1.74 bits per heavy atom. The molecule has 0 aromatic heterocycles. The molecule has 0 atom stereocenters. The predicted octanol–water partition coefficient (Wildman–Crippen LogP) is 4.07. The van der Waals surface area contributed by atoms with E-state index in [2.05, 4.69) is 4.90 Å². The van der Waals surface area contributed by atoms with Crippen LogP contribution in [0, 0.1) is 0 Å². The molecule has 0 saturated carbocycles. The van der Waals surface area contributed by atoms with Crippen LogP contribution in [0.4, 0.5) is 5.69 Å². The molecule has 0 spiro atoms. The van der Waals surface area contributed by atoms with Gasteiger partial charge in [-0.2, -0.15) is 0 Å².